The van der Waals surface area contributed by atoms with E-state index in [1.165, 1.54) is 6.07 Å². The van der Waals surface area contributed by atoms with Crippen LogP contribution in [0.15, 0.2) is 109 Å². The van der Waals surface area contributed by atoms with Crippen LogP contribution in [0.4, 0.5) is 8.78 Å². The van der Waals surface area contributed by atoms with E-state index >= 15 is 0 Å². The molecule has 2 nitrogen and oxygen atoms in total. The van der Waals surface area contributed by atoms with Gasteiger partial charge in [-0.3, -0.25) is 4.39 Å². The van der Waals surface area contributed by atoms with Gasteiger partial charge in [-0.1, -0.05) is 60.2 Å². The Hall–Kier alpha value is -3.53. The molecular weight excluding hydrogens is 595 g/mol. The van der Waals surface area contributed by atoms with Crippen molar-refractivity contribution >= 4 is 0 Å². The van der Waals surface area contributed by atoms with E-state index in [4.69, 9.17) is 0 Å². The molecule has 3 aromatic carbocycles. The van der Waals surface area contributed by atoms with Crippen molar-refractivity contribution in [1.29, 1.82) is 0 Å². The van der Waals surface area contributed by atoms with Crippen molar-refractivity contribution < 1.29 is 28.9 Å². The van der Waals surface area contributed by atoms with Crippen molar-refractivity contribution in [3.05, 3.63) is 133 Å². The fourth-order valence-corrected chi connectivity index (χ4v) is 3.06. The summed E-state index contributed by atoms with van der Waals surface area (Å²) in [6.07, 6.45) is 3.43. The van der Waals surface area contributed by atoms with Crippen LogP contribution in [0.25, 0.3) is 33.6 Å². The minimum Gasteiger partial charge on any atom is -0.305 e. The molecule has 5 heteroatoms. The summed E-state index contributed by atoms with van der Waals surface area (Å²) in [6, 6.07) is 35.1. The molecule has 1 radical (unpaired) electrons. The number of benzene rings is 3. The maximum absolute atomic E-state index is 13.7. The first-order valence-electron chi connectivity index (χ1n) is 9.98. The van der Waals surface area contributed by atoms with Crippen molar-refractivity contribution in [1.82, 2.24) is 9.97 Å². The van der Waals surface area contributed by atoms with Crippen molar-refractivity contribution in [3.63, 3.8) is 0 Å². The van der Waals surface area contributed by atoms with E-state index in [2.05, 4.69) is 22.1 Å². The minimum absolute atomic E-state index is 0. The number of aromatic nitrogens is 2. The van der Waals surface area contributed by atoms with Crippen LogP contribution in [0.5, 0.6) is 0 Å². The molecule has 5 rings (SSSR count). The van der Waals surface area contributed by atoms with Gasteiger partial charge in [0, 0.05) is 32.5 Å². The van der Waals surface area contributed by atoms with E-state index in [1.807, 2.05) is 78.9 Å². The van der Waals surface area contributed by atoms with Crippen molar-refractivity contribution in [2.24, 2.45) is 0 Å². The van der Waals surface area contributed by atoms with Gasteiger partial charge in [-0.2, -0.15) is 0 Å². The van der Waals surface area contributed by atoms with Crippen LogP contribution in [0.3, 0.4) is 0 Å². The summed E-state index contributed by atoms with van der Waals surface area (Å²) < 4.78 is 26.9. The quantitative estimate of drug-likeness (QED) is 0.204. The summed E-state index contributed by atoms with van der Waals surface area (Å²) in [6.45, 7) is 0. The summed E-state index contributed by atoms with van der Waals surface area (Å²) in [7, 11) is 0. The first kappa shape index (κ1) is 24.1. The van der Waals surface area contributed by atoms with E-state index in [1.54, 1.807) is 18.5 Å². The Labute approximate surface area is 205 Å². The maximum Gasteiger partial charge on any atom is 0.0765 e. The third-order valence-corrected chi connectivity index (χ3v) is 4.66. The van der Waals surface area contributed by atoms with Crippen molar-refractivity contribution in [3.8, 4) is 33.6 Å². The molecule has 0 aliphatic rings. The fourth-order valence-electron chi connectivity index (χ4n) is 3.06. The number of rotatable bonds is 3. The third kappa shape index (κ3) is 6.26. The number of nitrogens with zero attached hydrogens (tertiary/aromatic N) is 2. The van der Waals surface area contributed by atoms with Crippen molar-refractivity contribution in [2.75, 3.05) is 0 Å². The first-order valence-corrected chi connectivity index (χ1v) is 9.98. The van der Waals surface area contributed by atoms with Gasteiger partial charge in [0.05, 0.1) is 11.6 Å². The number of pyridine rings is 2. The van der Waals surface area contributed by atoms with E-state index in [9.17, 15) is 8.78 Å². The molecule has 33 heavy (non-hydrogen) atoms. The first-order chi connectivity index (χ1) is 15.7. The van der Waals surface area contributed by atoms with Gasteiger partial charge < -0.3 is 9.97 Å². The molecule has 0 aliphatic heterocycles. The number of halogens is 2. The third-order valence-electron chi connectivity index (χ3n) is 4.66. The Bertz CT molecular complexity index is 1230. The monoisotopic (exact) mass is 613 g/mol. The molecular formula is C28H18F2IrN2-2. The van der Waals surface area contributed by atoms with Crippen molar-refractivity contribution in [2.45, 2.75) is 0 Å². The van der Waals surface area contributed by atoms with Gasteiger partial charge >= 0.3 is 0 Å². The maximum atomic E-state index is 13.7. The van der Waals surface area contributed by atoms with Gasteiger partial charge in [-0.05, 0) is 28.6 Å². The van der Waals surface area contributed by atoms with Crippen LogP contribution in [0.2, 0.25) is 0 Å². The summed E-state index contributed by atoms with van der Waals surface area (Å²) in [5.41, 5.74) is 4.36. The molecule has 0 atom stereocenters. The largest absolute Gasteiger partial charge is 0.305 e. The van der Waals surface area contributed by atoms with Crippen LogP contribution >= 0.6 is 0 Å². The van der Waals surface area contributed by atoms with E-state index in [-0.39, 0.29) is 25.7 Å². The van der Waals surface area contributed by atoms with E-state index < -0.39 is 11.6 Å². The van der Waals surface area contributed by atoms with Gasteiger partial charge in [0.25, 0.3) is 0 Å². The topological polar surface area (TPSA) is 25.8 Å². The predicted molar refractivity (Wildman–Crippen MR) is 122 cm³/mol. The summed E-state index contributed by atoms with van der Waals surface area (Å²) in [5, 5.41) is 0. The second-order valence-corrected chi connectivity index (χ2v) is 6.80. The zero-order valence-electron chi connectivity index (χ0n) is 17.4. The molecule has 0 unspecified atom stereocenters. The zero-order valence-corrected chi connectivity index (χ0v) is 19.8. The molecule has 2 heterocycles. The Morgan fingerprint density at radius 1 is 0.606 bits per heavy atom. The molecule has 0 fully saturated rings. The van der Waals surface area contributed by atoms with Gasteiger partial charge in [0.2, 0.25) is 0 Å². The SMILES string of the molecule is Fc1cc[c-]c(-c2ccc(-c3ccccc3)cn2)c1F.[Ir].[c-]1ccccc1-c1ccccn1. The second-order valence-electron chi connectivity index (χ2n) is 6.80. The van der Waals surface area contributed by atoms with Gasteiger partial charge in [-0.25, -0.2) is 4.39 Å². The Morgan fingerprint density at radius 3 is 2.06 bits per heavy atom. The van der Waals surface area contributed by atoms with E-state index in [0.29, 0.717) is 5.69 Å². The smallest absolute Gasteiger partial charge is 0.0765 e. The number of hydrogen-bond donors (Lipinski definition) is 0. The van der Waals surface area contributed by atoms with E-state index in [0.717, 1.165) is 28.5 Å². The van der Waals surface area contributed by atoms with Crippen LogP contribution in [0.1, 0.15) is 0 Å². The number of hydrogen-bond acceptors (Lipinski definition) is 2. The zero-order chi connectivity index (χ0) is 22.2. The Kier molecular flexibility index (Phi) is 8.70. The van der Waals surface area contributed by atoms with Gasteiger partial charge in [0.15, 0.2) is 0 Å². The Balaban J connectivity index is 0.000000202. The molecule has 0 amide bonds. The Morgan fingerprint density at radius 2 is 1.39 bits per heavy atom. The molecule has 0 spiro atoms. The fraction of sp³-hybridized carbons (Fsp3) is 0. The molecule has 5 aromatic rings. The minimum atomic E-state index is -0.924. The molecule has 0 N–H and O–H groups in total. The molecule has 0 aliphatic carbocycles. The molecule has 0 saturated carbocycles. The summed E-state index contributed by atoms with van der Waals surface area (Å²) in [4.78, 5) is 8.41. The van der Waals surface area contributed by atoms with Crippen LogP contribution in [-0.4, -0.2) is 9.97 Å². The summed E-state index contributed by atoms with van der Waals surface area (Å²) in [5.74, 6) is -1.82. The second kappa shape index (κ2) is 11.9. The average molecular weight is 613 g/mol. The standard InChI is InChI=1S/C17H10F2N.C11H8N.Ir/c18-15-8-4-7-14(17(15)19)16-10-9-13(11-20-16)12-5-2-1-3-6-12;1-2-6-10(7-3-1)11-8-4-5-9-12-11;/h1-6,8-11H;1-6,8-9H;/q2*-1;. The van der Waals surface area contributed by atoms with Gasteiger partial charge in [0.1, 0.15) is 0 Å². The van der Waals surface area contributed by atoms with Crippen LogP contribution < -0.4 is 0 Å². The molecule has 165 valence electrons. The normalized spacial score (nSPS) is 9.88. The van der Waals surface area contributed by atoms with Crippen LogP contribution in [0, 0.1) is 23.8 Å². The molecule has 2 aromatic heterocycles. The van der Waals surface area contributed by atoms with Crippen LogP contribution in [-0.2, 0) is 20.1 Å². The van der Waals surface area contributed by atoms with Gasteiger partial charge in [-0.15, -0.1) is 54.1 Å². The predicted octanol–water partition coefficient (Wildman–Crippen LogP) is 7.04. The average Bonchev–Trinajstić information content (AvgIpc) is 2.88. The summed E-state index contributed by atoms with van der Waals surface area (Å²) >= 11 is 0. The molecule has 0 bridgehead atoms. The molecule has 0 saturated heterocycles.